The predicted octanol–water partition coefficient (Wildman–Crippen LogP) is 2.89. The lowest BCUT2D eigenvalue weighted by atomic mass is 10.2. The van der Waals surface area contributed by atoms with E-state index in [1.807, 2.05) is 18.5 Å². The number of halogens is 1. The minimum absolute atomic E-state index is 0.216. The largest absolute Gasteiger partial charge is 0.309 e. The second-order valence-corrected chi connectivity index (χ2v) is 5.74. The quantitative estimate of drug-likeness (QED) is 0.835. The molecular weight excluding hydrogens is 242 g/mol. The maximum atomic E-state index is 5.94. The predicted molar refractivity (Wildman–Crippen MR) is 69.3 cm³/mol. The van der Waals surface area contributed by atoms with Crippen molar-refractivity contribution in [3.8, 4) is 0 Å². The van der Waals surface area contributed by atoms with E-state index in [9.17, 15) is 0 Å². The Morgan fingerprint density at radius 1 is 1.56 bits per heavy atom. The van der Waals surface area contributed by atoms with Crippen molar-refractivity contribution in [3.05, 3.63) is 23.5 Å². The monoisotopic (exact) mass is 257 g/mol. The van der Waals surface area contributed by atoms with Crippen LogP contribution in [0.1, 0.15) is 26.0 Å². The summed E-state index contributed by atoms with van der Waals surface area (Å²) in [5, 5.41) is 5.68. The van der Waals surface area contributed by atoms with Crippen LogP contribution in [0, 0.1) is 0 Å². The smallest absolute Gasteiger partial charge is 0.193 e. The summed E-state index contributed by atoms with van der Waals surface area (Å²) in [6.07, 6.45) is 5.07. The zero-order chi connectivity index (χ0) is 11.5. The number of thiazole rings is 1. The lowest BCUT2D eigenvalue weighted by molar-refractivity contribution is 0.508. The van der Waals surface area contributed by atoms with Crippen molar-refractivity contribution in [2.45, 2.75) is 38.2 Å². The topological polar surface area (TPSA) is 29.3 Å². The number of hydrogen-bond acceptors (Lipinski definition) is 3. The Morgan fingerprint density at radius 2 is 2.38 bits per heavy atom. The van der Waals surface area contributed by atoms with Crippen molar-refractivity contribution < 1.29 is 0 Å². The Labute approximate surface area is 104 Å². The molecule has 2 heterocycles. The molecule has 0 saturated carbocycles. The van der Waals surface area contributed by atoms with E-state index in [0.717, 1.165) is 23.6 Å². The van der Waals surface area contributed by atoms with Gasteiger partial charge < -0.3 is 5.32 Å². The van der Waals surface area contributed by atoms with Crippen molar-refractivity contribution in [2.24, 2.45) is 0 Å². The van der Waals surface area contributed by atoms with Crippen LogP contribution in [-0.4, -0.2) is 20.8 Å². The molecule has 0 aliphatic rings. The van der Waals surface area contributed by atoms with Crippen LogP contribution >= 0.6 is 22.9 Å². The maximum absolute atomic E-state index is 5.94. The van der Waals surface area contributed by atoms with E-state index < -0.39 is 0 Å². The molecule has 0 bridgehead atoms. The van der Waals surface area contributed by atoms with Crippen LogP contribution in [0.4, 0.5) is 0 Å². The SMILES string of the molecule is CC(Cl)CC(C)NCc1cn2ccsc2n1. The van der Waals surface area contributed by atoms with E-state index in [1.165, 1.54) is 0 Å². The molecule has 88 valence electrons. The summed E-state index contributed by atoms with van der Waals surface area (Å²) in [5.41, 5.74) is 1.08. The third kappa shape index (κ3) is 2.97. The fraction of sp³-hybridized carbons (Fsp3) is 0.545. The molecule has 0 spiro atoms. The van der Waals surface area contributed by atoms with Gasteiger partial charge in [0.25, 0.3) is 0 Å². The van der Waals surface area contributed by atoms with Crippen LogP contribution in [0.5, 0.6) is 0 Å². The molecular formula is C11H16ClN3S. The highest BCUT2D eigenvalue weighted by atomic mass is 35.5. The molecule has 1 N–H and O–H groups in total. The highest BCUT2D eigenvalue weighted by Crippen LogP contribution is 2.11. The zero-order valence-corrected chi connectivity index (χ0v) is 11.1. The zero-order valence-electron chi connectivity index (χ0n) is 9.48. The van der Waals surface area contributed by atoms with Crippen LogP contribution in [0.25, 0.3) is 4.96 Å². The number of alkyl halides is 1. The summed E-state index contributed by atoms with van der Waals surface area (Å²) >= 11 is 7.60. The van der Waals surface area contributed by atoms with Gasteiger partial charge in [0.05, 0.1) is 5.69 Å². The number of fused-ring (bicyclic) bond motifs is 1. The Bertz CT molecular complexity index is 420. The second-order valence-electron chi connectivity index (χ2n) is 4.12. The van der Waals surface area contributed by atoms with Crippen LogP contribution in [0.3, 0.4) is 0 Å². The lowest BCUT2D eigenvalue weighted by Gasteiger charge is -2.13. The van der Waals surface area contributed by atoms with Gasteiger partial charge in [0, 0.05) is 35.7 Å². The molecule has 16 heavy (non-hydrogen) atoms. The Kier molecular flexibility index (Phi) is 3.84. The van der Waals surface area contributed by atoms with Gasteiger partial charge in [0.2, 0.25) is 0 Å². The van der Waals surface area contributed by atoms with Crippen molar-refractivity contribution >= 4 is 27.9 Å². The minimum Gasteiger partial charge on any atom is -0.309 e. The van der Waals surface area contributed by atoms with Gasteiger partial charge in [-0.05, 0) is 20.3 Å². The molecule has 2 rings (SSSR count). The Morgan fingerprint density at radius 3 is 3.06 bits per heavy atom. The molecule has 2 unspecified atom stereocenters. The van der Waals surface area contributed by atoms with Gasteiger partial charge in [-0.2, -0.15) is 0 Å². The van der Waals surface area contributed by atoms with Gasteiger partial charge in [-0.15, -0.1) is 22.9 Å². The highest BCUT2D eigenvalue weighted by Gasteiger charge is 2.07. The fourth-order valence-corrected chi connectivity index (χ4v) is 2.70. The molecule has 3 nitrogen and oxygen atoms in total. The van der Waals surface area contributed by atoms with Gasteiger partial charge in [0.15, 0.2) is 4.96 Å². The molecule has 0 radical (unpaired) electrons. The number of nitrogens with one attached hydrogen (secondary N) is 1. The summed E-state index contributed by atoms with van der Waals surface area (Å²) in [5.74, 6) is 0. The van der Waals surface area contributed by atoms with Gasteiger partial charge in [-0.3, -0.25) is 4.40 Å². The van der Waals surface area contributed by atoms with Crippen molar-refractivity contribution in [3.63, 3.8) is 0 Å². The third-order valence-corrected chi connectivity index (χ3v) is 3.40. The number of aromatic nitrogens is 2. The average Bonchev–Trinajstić information content (AvgIpc) is 2.72. The first kappa shape index (κ1) is 11.9. The first-order valence-electron chi connectivity index (χ1n) is 5.43. The second kappa shape index (κ2) is 5.17. The van der Waals surface area contributed by atoms with Crippen LogP contribution < -0.4 is 5.32 Å². The van der Waals surface area contributed by atoms with Crippen molar-refractivity contribution in [1.29, 1.82) is 0 Å². The number of rotatable bonds is 5. The van der Waals surface area contributed by atoms with E-state index in [-0.39, 0.29) is 5.38 Å². The van der Waals surface area contributed by atoms with Crippen molar-refractivity contribution in [1.82, 2.24) is 14.7 Å². The first-order valence-corrected chi connectivity index (χ1v) is 6.75. The summed E-state index contributed by atoms with van der Waals surface area (Å²) in [4.78, 5) is 5.56. The molecule has 0 fully saturated rings. The van der Waals surface area contributed by atoms with Crippen LogP contribution in [0.2, 0.25) is 0 Å². The molecule has 5 heteroatoms. The molecule has 0 aliphatic heterocycles. The Hall–Kier alpha value is -0.580. The van der Waals surface area contributed by atoms with Crippen LogP contribution in [0.15, 0.2) is 17.8 Å². The standard InChI is InChI=1S/C11H16ClN3S/c1-8(12)5-9(2)13-6-10-7-15-3-4-16-11(15)14-10/h3-4,7-9,13H,5-6H2,1-2H3. The minimum atomic E-state index is 0.216. The lowest BCUT2D eigenvalue weighted by Crippen LogP contribution is -2.27. The van der Waals surface area contributed by atoms with Crippen LogP contribution in [-0.2, 0) is 6.54 Å². The van der Waals surface area contributed by atoms with Gasteiger partial charge in [-0.25, -0.2) is 4.98 Å². The maximum Gasteiger partial charge on any atom is 0.193 e. The molecule has 0 aromatic carbocycles. The highest BCUT2D eigenvalue weighted by molar-refractivity contribution is 7.15. The molecule has 0 saturated heterocycles. The number of imidazole rings is 1. The number of hydrogen-bond donors (Lipinski definition) is 1. The number of nitrogens with zero attached hydrogens (tertiary/aromatic N) is 2. The summed E-state index contributed by atoms with van der Waals surface area (Å²) in [6, 6.07) is 0.423. The van der Waals surface area contributed by atoms with E-state index in [0.29, 0.717) is 6.04 Å². The summed E-state index contributed by atoms with van der Waals surface area (Å²) in [7, 11) is 0. The van der Waals surface area contributed by atoms with E-state index in [4.69, 9.17) is 11.6 Å². The average molecular weight is 258 g/mol. The van der Waals surface area contributed by atoms with Gasteiger partial charge in [-0.1, -0.05) is 0 Å². The molecule has 2 aromatic heterocycles. The summed E-state index contributed by atoms with van der Waals surface area (Å²) in [6.45, 7) is 4.98. The van der Waals surface area contributed by atoms with E-state index >= 15 is 0 Å². The van der Waals surface area contributed by atoms with E-state index in [1.54, 1.807) is 11.3 Å². The normalized spacial score (nSPS) is 15.4. The summed E-state index contributed by atoms with van der Waals surface area (Å²) < 4.78 is 2.05. The molecule has 0 amide bonds. The third-order valence-electron chi connectivity index (χ3n) is 2.45. The molecule has 0 aliphatic carbocycles. The fourth-order valence-electron chi connectivity index (χ4n) is 1.71. The first-order chi connectivity index (χ1) is 7.65. The van der Waals surface area contributed by atoms with Gasteiger partial charge in [0.1, 0.15) is 0 Å². The Balaban J connectivity index is 1.88. The molecule has 2 aromatic rings. The van der Waals surface area contributed by atoms with Crippen molar-refractivity contribution in [2.75, 3.05) is 0 Å². The molecule has 2 atom stereocenters. The van der Waals surface area contributed by atoms with Gasteiger partial charge >= 0.3 is 0 Å². The van der Waals surface area contributed by atoms with E-state index in [2.05, 4.69) is 27.8 Å².